The van der Waals surface area contributed by atoms with E-state index in [4.69, 9.17) is 0 Å². The van der Waals surface area contributed by atoms with Gasteiger partial charge in [0.2, 0.25) is 6.04 Å². The number of piperazine rings is 1. The van der Waals surface area contributed by atoms with Crippen molar-refractivity contribution in [3.05, 3.63) is 29.3 Å². The van der Waals surface area contributed by atoms with Crippen LogP contribution in [0.2, 0.25) is 0 Å². The lowest BCUT2D eigenvalue weighted by atomic mass is 10.1. The van der Waals surface area contributed by atoms with Crippen LogP contribution >= 0.6 is 0 Å². The number of rotatable bonds is 4. The minimum atomic E-state index is -5.43. The van der Waals surface area contributed by atoms with Crippen molar-refractivity contribution in [1.29, 1.82) is 0 Å². The average Bonchev–Trinajstić information content (AvgIpc) is 3.15. The van der Waals surface area contributed by atoms with E-state index in [1.165, 1.54) is 6.07 Å². The molecular formula is C19H22F9N3. The molecular weight excluding hydrogens is 441 g/mol. The fourth-order valence-corrected chi connectivity index (χ4v) is 4.15. The van der Waals surface area contributed by atoms with Gasteiger partial charge in [0, 0.05) is 51.5 Å². The van der Waals surface area contributed by atoms with Crippen molar-refractivity contribution >= 4 is 5.69 Å². The first-order valence-electron chi connectivity index (χ1n) is 9.82. The van der Waals surface area contributed by atoms with Crippen molar-refractivity contribution in [3.63, 3.8) is 0 Å². The Kier molecular flexibility index (Phi) is 6.71. The summed E-state index contributed by atoms with van der Waals surface area (Å²) in [5, 5.41) is 0. The fourth-order valence-electron chi connectivity index (χ4n) is 4.15. The Morgan fingerprint density at radius 2 is 1.29 bits per heavy atom. The van der Waals surface area contributed by atoms with Gasteiger partial charge in [0.25, 0.3) is 0 Å². The summed E-state index contributed by atoms with van der Waals surface area (Å²) >= 11 is 0. The van der Waals surface area contributed by atoms with Crippen LogP contribution in [0, 0.1) is 0 Å². The molecule has 0 spiro atoms. The maximum Gasteiger partial charge on any atom is 0.416 e. The summed E-state index contributed by atoms with van der Waals surface area (Å²) in [6.07, 6.45) is -13.7. The first kappa shape index (κ1) is 24.0. The van der Waals surface area contributed by atoms with E-state index in [1.54, 1.807) is 4.90 Å². The van der Waals surface area contributed by atoms with Gasteiger partial charge >= 0.3 is 18.5 Å². The van der Waals surface area contributed by atoms with Crippen LogP contribution in [0.4, 0.5) is 45.2 Å². The van der Waals surface area contributed by atoms with Crippen molar-refractivity contribution < 1.29 is 39.5 Å². The number of benzene rings is 1. The van der Waals surface area contributed by atoms with Gasteiger partial charge in [-0.05, 0) is 30.5 Å². The standard InChI is InChI=1S/C19H22F9N3/c20-17(21,22)14-4-3-13(15(11-14)30-5-1-2-6-30)12-29-7-9-31(10-8-29)16(18(23,24)25)19(26,27)28/h3-4,11,16H,1-2,5-10,12H2. The first-order chi connectivity index (χ1) is 14.3. The minimum Gasteiger partial charge on any atom is -0.371 e. The summed E-state index contributed by atoms with van der Waals surface area (Å²) in [5.41, 5.74) is 0.200. The van der Waals surface area contributed by atoms with Gasteiger partial charge in [-0.25, -0.2) is 0 Å². The molecule has 31 heavy (non-hydrogen) atoms. The van der Waals surface area contributed by atoms with Crippen LogP contribution in [-0.2, 0) is 12.7 Å². The second kappa shape index (κ2) is 8.68. The van der Waals surface area contributed by atoms with Crippen LogP contribution in [0.5, 0.6) is 0 Å². The molecule has 1 aromatic rings. The number of anilines is 1. The zero-order valence-corrected chi connectivity index (χ0v) is 16.4. The molecule has 0 N–H and O–H groups in total. The van der Waals surface area contributed by atoms with Crippen LogP contribution < -0.4 is 4.90 Å². The molecule has 0 radical (unpaired) electrons. The molecule has 12 heteroatoms. The fraction of sp³-hybridized carbons (Fsp3) is 0.684. The Balaban J connectivity index is 1.73. The van der Waals surface area contributed by atoms with Crippen LogP contribution in [0.1, 0.15) is 24.0 Å². The van der Waals surface area contributed by atoms with Gasteiger partial charge in [0.15, 0.2) is 0 Å². The van der Waals surface area contributed by atoms with Gasteiger partial charge in [0.1, 0.15) is 0 Å². The normalized spacial score (nSPS) is 20.1. The van der Waals surface area contributed by atoms with Crippen molar-refractivity contribution in [2.24, 2.45) is 0 Å². The molecule has 1 aromatic carbocycles. The largest absolute Gasteiger partial charge is 0.416 e. The summed E-state index contributed by atoms with van der Waals surface area (Å²) in [5.74, 6) is 0. The number of hydrogen-bond donors (Lipinski definition) is 0. The third-order valence-corrected chi connectivity index (χ3v) is 5.65. The molecule has 0 aliphatic carbocycles. The zero-order valence-electron chi connectivity index (χ0n) is 16.4. The molecule has 2 heterocycles. The highest BCUT2D eigenvalue weighted by atomic mass is 19.4. The molecule has 3 nitrogen and oxygen atoms in total. The van der Waals surface area contributed by atoms with Gasteiger partial charge < -0.3 is 4.90 Å². The smallest absolute Gasteiger partial charge is 0.371 e. The van der Waals surface area contributed by atoms with E-state index in [2.05, 4.69) is 0 Å². The molecule has 0 unspecified atom stereocenters. The summed E-state index contributed by atoms with van der Waals surface area (Å²) < 4.78 is 117. The Bertz CT molecular complexity index is 729. The number of halogens is 9. The monoisotopic (exact) mass is 463 g/mol. The topological polar surface area (TPSA) is 9.72 Å². The van der Waals surface area contributed by atoms with Crippen LogP contribution in [0.3, 0.4) is 0 Å². The van der Waals surface area contributed by atoms with E-state index >= 15 is 0 Å². The van der Waals surface area contributed by atoms with Gasteiger partial charge in [0.05, 0.1) is 5.56 Å². The van der Waals surface area contributed by atoms with Crippen molar-refractivity contribution in [2.75, 3.05) is 44.2 Å². The van der Waals surface area contributed by atoms with Gasteiger partial charge in [-0.1, -0.05) is 6.07 Å². The lowest BCUT2D eigenvalue weighted by Crippen LogP contribution is -2.60. The Morgan fingerprint density at radius 1 is 0.742 bits per heavy atom. The molecule has 2 fully saturated rings. The van der Waals surface area contributed by atoms with E-state index in [9.17, 15) is 39.5 Å². The van der Waals surface area contributed by atoms with Crippen molar-refractivity contribution in [3.8, 4) is 0 Å². The molecule has 2 aliphatic rings. The Labute approximate surface area is 173 Å². The second-order valence-electron chi connectivity index (χ2n) is 7.83. The van der Waals surface area contributed by atoms with Crippen molar-refractivity contribution in [1.82, 2.24) is 9.80 Å². The molecule has 0 aromatic heterocycles. The lowest BCUT2D eigenvalue weighted by molar-refractivity contribution is -0.289. The maximum atomic E-state index is 13.1. The SMILES string of the molecule is FC(F)(F)c1ccc(CN2CCN(C(C(F)(F)F)C(F)(F)F)CC2)c(N2CCCC2)c1. The van der Waals surface area contributed by atoms with Crippen molar-refractivity contribution in [2.45, 2.75) is 44.0 Å². The molecule has 0 atom stereocenters. The third-order valence-electron chi connectivity index (χ3n) is 5.65. The predicted molar refractivity (Wildman–Crippen MR) is 95.6 cm³/mol. The zero-order chi connectivity index (χ0) is 23.0. The summed E-state index contributed by atoms with van der Waals surface area (Å²) in [4.78, 5) is 3.87. The molecule has 0 bridgehead atoms. The van der Waals surface area contributed by atoms with E-state index in [1.807, 2.05) is 4.90 Å². The van der Waals surface area contributed by atoms with Gasteiger partial charge in [-0.15, -0.1) is 0 Å². The molecule has 2 saturated heterocycles. The summed E-state index contributed by atoms with van der Waals surface area (Å²) in [6, 6.07) is -0.153. The van der Waals surface area contributed by atoms with Crippen LogP contribution in [0.25, 0.3) is 0 Å². The lowest BCUT2D eigenvalue weighted by Gasteiger charge is -2.40. The Morgan fingerprint density at radius 3 is 1.77 bits per heavy atom. The highest BCUT2D eigenvalue weighted by Crippen LogP contribution is 2.38. The molecule has 0 amide bonds. The number of nitrogens with zero attached hydrogens (tertiary/aromatic N) is 3. The summed E-state index contributed by atoms with van der Waals surface area (Å²) in [7, 11) is 0. The quantitative estimate of drug-likeness (QED) is 0.588. The second-order valence-corrected chi connectivity index (χ2v) is 7.83. The predicted octanol–water partition coefficient (Wildman–Crippen LogP) is 4.92. The van der Waals surface area contributed by atoms with Crippen LogP contribution in [0.15, 0.2) is 18.2 Å². The first-order valence-corrected chi connectivity index (χ1v) is 9.82. The van der Waals surface area contributed by atoms with E-state index < -0.39 is 43.2 Å². The average molecular weight is 463 g/mol. The highest BCUT2D eigenvalue weighted by molar-refractivity contribution is 5.56. The highest BCUT2D eigenvalue weighted by Gasteiger charge is 2.59. The van der Waals surface area contributed by atoms with Crippen LogP contribution in [-0.4, -0.2) is 67.5 Å². The number of alkyl halides is 9. The number of hydrogen-bond acceptors (Lipinski definition) is 3. The molecule has 176 valence electrons. The van der Waals surface area contributed by atoms with E-state index in [0.717, 1.165) is 25.0 Å². The summed E-state index contributed by atoms with van der Waals surface area (Å²) in [6.45, 7) is 0.362. The Hall–Kier alpha value is -1.69. The molecule has 0 saturated carbocycles. The third kappa shape index (κ3) is 5.76. The minimum absolute atomic E-state index is 0.0525. The molecule has 3 rings (SSSR count). The van der Waals surface area contributed by atoms with Gasteiger partial charge in [-0.3, -0.25) is 9.80 Å². The van der Waals surface area contributed by atoms with E-state index in [0.29, 0.717) is 29.2 Å². The van der Waals surface area contributed by atoms with E-state index in [-0.39, 0.29) is 19.6 Å². The molecule has 2 aliphatic heterocycles. The van der Waals surface area contributed by atoms with Gasteiger partial charge in [-0.2, -0.15) is 39.5 Å². The maximum absolute atomic E-state index is 13.1.